The number of aromatic nitrogens is 2. The molecule has 2 amide bonds. The third-order valence-corrected chi connectivity index (χ3v) is 7.18. The van der Waals surface area contributed by atoms with Crippen molar-refractivity contribution in [3.63, 3.8) is 0 Å². The first-order valence-electron chi connectivity index (χ1n) is 11.7. The Balaban J connectivity index is 1.32. The van der Waals surface area contributed by atoms with Gasteiger partial charge in [-0.1, -0.05) is 12.1 Å². The molecule has 1 fully saturated rings. The number of rotatable bonds is 8. The summed E-state index contributed by atoms with van der Waals surface area (Å²) >= 11 is 0. The molecule has 0 bridgehead atoms. The van der Waals surface area contributed by atoms with Crippen LogP contribution in [0.3, 0.4) is 0 Å². The molecule has 36 heavy (non-hydrogen) atoms. The largest absolute Gasteiger partial charge is 0.438 e. The van der Waals surface area contributed by atoms with Gasteiger partial charge < -0.3 is 15.4 Å². The van der Waals surface area contributed by atoms with E-state index in [-0.39, 0.29) is 45.9 Å². The highest BCUT2D eigenvalue weighted by molar-refractivity contribution is 7.90. The Morgan fingerprint density at radius 3 is 2.47 bits per heavy atom. The first-order valence-corrected chi connectivity index (χ1v) is 13.6. The van der Waals surface area contributed by atoms with Crippen LogP contribution in [0.2, 0.25) is 0 Å². The van der Waals surface area contributed by atoms with Crippen molar-refractivity contribution in [2.45, 2.75) is 43.2 Å². The molecular weight excluding hydrogens is 480 g/mol. The monoisotopic (exact) mass is 508 g/mol. The van der Waals surface area contributed by atoms with E-state index in [1.54, 1.807) is 30.5 Å². The van der Waals surface area contributed by atoms with Crippen LogP contribution in [-0.4, -0.2) is 42.5 Å². The van der Waals surface area contributed by atoms with Gasteiger partial charge in [0.15, 0.2) is 9.84 Å². The number of carbonyl (C=O) groups excluding carboxylic acids is 2. The van der Waals surface area contributed by atoms with E-state index in [1.807, 2.05) is 18.2 Å². The summed E-state index contributed by atoms with van der Waals surface area (Å²) < 4.78 is 29.4. The van der Waals surface area contributed by atoms with E-state index < -0.39 is 9.84 Å². The minimum absolute atomic E-state index is 0.00435. The van der Waals surface area contributed by atoms with Crippen molar-refractivity contribution < 1.29 is 22.7 Å². The average Bonchev–Trinajstić information content (AvgIpc) is 2.88. The number of pyridine rings is 2. The van der Waals surface area contributed by atoms with Gasteiger partial charge in [0.25, 0.3) is 5.91 Å². The van der Waals surface area contributed by atoms with Gasteiger partial charge in [-0.15, -0.1) is 0 Å². The molecule has 0 aliphatic heterocycles. The summed E-state index contributed by atoms with van der Waals surface area (Å²) in [5.74, 6) is -0.0717. The number of benzene rings is 1. The van der Waals surface area contributed by atoms with Crippen molar-refractivity contribution in [1.82, 2.24) is 20.6 Å². The van der Waals surface area contributed by atoms with E-state index in [4.69, 9.17) is 4.74 Å². The number of nitrogens with zero attached hydrogens (tertiary/aromatic N) is 2. The second-order valence-electron chi connectivity index (χ2n) is 8.77. The Morgan fingerprint density at radius 1 is 0.972 bits per heavy atom. The van der Waals surface area contributed by atoms with E-state index in [0.717, 1.165) is 11.9 Å². The van der Waals surface area contributed by atoms with Crippen molar-refractivity contribution in [1.29, 1.82) is 0 Å². The quantitative estimate of drug-likeness (QED) is 0.478. The Bertz CT molecular complexity index is 1320. The van der Waals surface area contributed by atoms with Crippen LogP contribution >= 0.6 is 0 Å². The molecule has 1 aromatic carbocycles. The number of sulfone groups is 1. The van der Waals surface area contributed by atoms with Crippen molar-refractivity contribution >= 4 is 21.7 Å². The normalized spacial score (nSPS) is 17.7. The zero-order valence-electron chi connectivity index (χ0n) is 19.9. The lowest BCUT2D eigenvalue weighted by Gasteiger charge is -2.28. The molecule has 0 unspecified atom stereocenters. The topological polar surface area (TPSA) is 127 Å². The standard InChI is InChI=1S/C26H28N4O5S/c1-36(33,34)22-8-4-7-21(16-22)35-26-23(9-5-15-28-26)25(32)30-19-12-10-18(11-13-19)24(31)29-17-20-6-2-3-14-27-20/h2-9,14-16,18-19H,10-13,17H2,1H3,(H,29,31)(H,30,32). The van der Waals surface area contributed by atoms with Gasteiger partial charge in [0.1, 0.15) is 11.3 Å². The van der Waals surface area contributed by atoms with Crippen molar-refractivity contribution in [2.24, 2.45) is 5.92 Å². The smallest absolute Gasteiger partial charge is 0.257 e. The summed E-state index contributed by atoms with van der Waals surface area (Å²) in [4.78, 5) is 34.0. The van der Waals surface area contributed by atoms with Gasteiger partial charge in [0.2, 0.25) is 11.8 Å². The van der Waals surface area contributed by atoms with Gasteiger partial charge in [-0.3, -0.25) is 14.6 Å². The van der Waals surface area contributed by atoms with E-state index in [2.05, 4.69) is 20.6 Å². The highest BCUT2D eigenvalue weighted by Crippen LogP contribution is 2.27. The number of hydrogen-bond donors (Lipinski definition) is 2. The van der Waals surface area contributed by atoms with Gasteiger partial charge in [-0.25, -0.2) is 13.4 Å². The minimum Gasteiger partial charge on any atom is -0.438 e. The maximum absolute atomic E-state index is 13.0. The molecule has 0 spiro atoms. The molecule has 10 heteroatoms. The number of carbonyl (C=O) groups is 2. The molecule has 0 radical (unpaired) electrons. The molecule has 1 aliphatic carbocycles. The van der Waals surface area contributed by atoms with Crippen molar-refractivity contribution in [3.8, 4) is 11.6 Å². The fraction of sp³-hybridized carbons (Fsp3) is 0.308. The van der Waals surface area contributed by atoms with Crippen LogP contribution in [-0.2, 0) is 21.2 Å². The van der Waals surface area contributed by atoms with Crippen LogP contribution in [0.1, 0.15) is 41.7 Å². The predicted octanol–water partition coefficient (Wildman–Crippen LogP) is 3.28. The van der Waals surface area contributed by atoms with E-state index >= 15 is 0 Å². The summed E-state index contributed by atoms with van der Waals surface area (Å²) in [5, 5.41) is 5.96. The van der Waals surface area contributed by atoms with Gasteiger partial charge in [-0.05, 0) is 68.1 Å². The molecule has 2 aromatic heterocycles. The molecule has 9 nitrogen and oxygen atoms in total. The second kappa shape index (κ2) is 11.3. The SMILES string of the molecule is CS(=O)(=O)c1cccc(Oc2ncccc2C(=O)NC2CCC(C(=O)NCc3ccccn3)CC2)c1. The molecule has 3 aromatic rings. The van der Waals surface area contributed by atoms with Crippen LogP contribution in [0.15, 0.2) is 71.9 Å². The lowest BCUT2D eigenvalue weighted by Crippen LogP contribution is -2.41. The van der Waals surface area contributed by atoms with Crippen LogP contribution in [0.5, 0.6) is 11.6 Å². The molecule has 1 aliphatic rings. The molecule has 0 saturated heterocycles. The number of ether oxygens (including phenoxy) is 1. The van der Waals surface area contributed by atoms with E-state index in [1.165, 1.54) is 18.3 Å². The number of nitrogens with one attached hydrogen (secondary N) is 2. The highest BCUT2D eigenvalue weighted by Gasteiger charge is 2.28. The molecular formula is C26H28N4O5S. The molecule has 0 atom stereocenters. The van der Waals surface area contributed by atoms with Crippen molar-refractivity contribution in [2.75, 3.05) is 6.26 Å². The zero-order chi connectivity index (χ0) is 25.5. The molecule has 4 rings (SSSR count). The number of amides is 2. The van der Waals surface area contributed by atoms with Crippen LogP contribution in [0, 0.1) is 5.92 Å². The lowest BCUT2D eigenvalue weighted by molar-refractivity contribution is -0.126. The summed E-state index contributed by atoms with van der Waals surface area (Å²) in [6.45, 7) is 0.396. The first-order chi connectivity index (χ1) is 17.3. The summed E-state index contributed by atoms with van der Waals surface area (Å²) in [7, 11) is -3.40. The molecule has 1 saturated carbocycles. The van der Waals surface area contributed by atoms with Crippen molar-refractivity contribution in [3.05, 3.63) is 78.2 Å². The summed E-state index contributed by atoms with van der Waals surface area (Å²) in [5.41, 5.74) is 1.06. The molecule has 188 valence electrons. The molecule has 2 heterocycles. The minimum atomic E-state index is -3.40. The average molecular weight is 509 g/mol. The summed E-state index contributed by atoms with van der Waals surface area (Å²) in [6.07, 6.45) is 7.02. The van der Waals surface area contributed by atoms with Gasteiger partial charge in [0.05, 0.1) is 17.1 Å². The second-order valence-corrected chi connectivity index (χ2v) is 10.8. The maximum atomic E-state index is 13.0. The van der Waals surface area contributed by atoms with Gasteiger partial charge >= 0.3 is 0 Å². The van der Waals surface area contributed by atoms with Gasteiger partial charge in [0, 0.05) is 30.6 Å². The van der Waals surface area contributed by atoms with Gasteiger partial charge in [-0.2, -0.15) is 0 Å². The highest BCUT2D eigenvalue weighted by atomic mass is 32.2. The first kappa shape index (κ1) is 25.3. The Kier molecular flexibility index (Phi) is 7.94. The fourth-order valence-electron chi connectivity index (χ4n) is 4.11. The fourth-order valence-corrected chi connectivity index (χ4v) is 4.77. The van der Waals surface area contributed by atoms with E-state index in [9.17, 15) is 18.0 Å². The Morgan fingerprint density at radius 2 is 1.75 bits per heavy atom. The third-order valence-electron chi connectivity index (χ3n) is 6.07. The summed E-state index contributed by atoms with van der Waals surface area (Å²) in [6, 6.07) is 14.8. The van der Waals surface area contributed by atoms with Crippen LogP contribution in [0.4, 0.5) is 0 Å². The predicted molar refractivity (Wildman–Crippen MR) is 133 cm³/mol. The zero-order valence-corrected chi connectivity index (χ0v) is 20.7. The lowest BCUT2D eigenvalue weighted by atomic mass is 9.85. The molecule has 2 N–H and O–H groups in total. The maximum Gasteiger partial charge on any atom is 0.257 e. The third kappa shape index (κ3) is 6.66. The Labute approximate surface area is 210 Å². The van der Waals surface area contributed by atoms with Crippen LogP contribution in [0.25, 0.3) is 0 Å². The Hall–Kier alpha value is -3.79. The number of hydrogen-bond acceptors (Lipinski definition) is 7. The van der Waals surface area contributed by atoms with Crippen LogP contribution < -0.4 is 15.4 Å². The van der Waals surface area contributed by atoms with E-state index in [0.29, 0.717) is 32.2 Å².